The standard InChI is InChI=1S/C6H15NO.3C2H6O/c1-2-3-4-7-5-6-8;3*1-2-3/h7-8H,2-6H2,1H3;3*3H,2H2,1H3. The quantitative estimate of drug-likeness (QED) is 0.458. The third kappa shape index (κ3) is 131. The second-order valence-electron chi connectivity index (χ2n) is 2.78. The third-order valence-electron chi connectivity index (χ3n) is 0.996. The van der Waals surface area contributed by atoms with E-state index < -0.39 is 0 Å². The number of nitrogens with one attached hydrogen (secondary N) is 1. The second kappa shape index (κ2) is 44.7. The normalized spacial score (nSPS) is 7.76. The van der Waals surface area contributed by atoms with E-state index in [4.69, 9.17) is 20.4 Å². The molecule has 0 heterocycles. The van der Waals surface area contributed by atoms with Crippen LogP contribution in [0.15, 0.2) is 0 Å². The van der Waals surface area contributed by atoms with Crippen molar-refractivity contribution >= 4 is 0 Å². The van der Waals surface area contributed by atoms with Crippen LogP contribution in [0.4, 0.5) is 0 Å². The minimum atomic E-state index is 0.250. The Balaban J connectivity index is -0.0000000784. The Labute approximate surface area is 106 Å². The molecule has 0 spiro atoms. The van der Waals surface area contributed by atoms with Crippen molar-refractivity contribution in [1.82, 2.24) is 5.32 Å². The highest BCUT2D eigenvalue weighted by Gasteiger charge is 1.81. The van der Waals surface area contributed by atoms with Gasteiger partial charge in [0.2, 0.25) is 0 Å². The summed E-state index contributed by atoms with van der Waals surface area (Å²) in [4.78, 5) is 0. The molecule has 0 atom stereocenters. The van der Waals surface area contributed by atoms with Gasteiger partial charge >= 0.3 is 0 Å². The van der Waals surface area contributed by atoms with Crippen LogP contribution in [0.5, 0.6) is 0 Å². The molecule has 0 aromatic rings. The highest BCUT2D eigenvalue weighted by molar-refractivity contribution is 4.43. The molecule has 0 saturated carbocycles. The summed E-state index contributed by atoms with van der Waals surface area (Å²) in [5.41, 5.74) is 0. The van der Waals surface area contributed by atoms with E-state index in [9.17, 15) is 0 Å². The van der Waals surface area contributed by atoms with Gasteiger partial charge in [-0.05, 0) is 33.7 Å². The van der Waals surface area contributed by atoms with E-state index >= 15 is 0 Å². The molecule has 0 aliphatic carbocycles. The van der Waals surface area contributed by atoms with E-state index in [0.29, 0.717) is 0 Å². The van der Waals surface area contributed by atoms with Crippen molar-refractivity contribution in [3.63, 3.8) is 0 Å². The van der Waals surface area contributed by atoms with Gasteiger partial charge in [-0.3, -0.25) is 0 Å². The van der Waals surface area contributed by atoms with Gasteiger partial charge in [0.1, 0.15) is 0 Å². The first kappa shape index (κ1) is 25.6. The van der Waals surface area contributed by atoms with Crippen LogP contribution in [0.25, 0.3) is 0 Å². The lowest BCUT2D eigenvalue weighted by Crippen LogP contribution is -2.18. The van der Waals surface area contributed by atoms with Gasteiger partial charge < -0.3 is 25.7 Å². The SMILES string of the molecule is CCCCNCCO.CCO.CCO.CCO. The molecule has 0 aromatic carbocycles. The Hall–Kier alpha value is -0.200. The molecule has 0 aliphatic rings. The lowest BCUT2D eigenvalue weighted by molar-refractivity contribution is 0.292. The van der Waals surface area contributed by atoms with Gasteiger partial charge in [0.25, 0.3) is 0 Å². The molecule has 0 fully saturated rings. The molecule has 0 aliphatic heterocycles. The summed E-state index contributed by atoms with van der Waals surface area (Å²) in [6.45, 7) is 9.97. The Morgan fingerprint density at radius 1 is 0.706 bits per heavy atom. The van der Waals surface area contributed by atoms with Crippen LogP contribution in [0.2, 0.25) is 0 Å². The molecule has 110 valence electrons. The van der Waals surface area contributed by atoms with Gasteiger partial charge in [-0.1, -0.05) is 13.3 Å². The molecule has 0 rings (SSSR count). The molecule has 0 radical (unpaired) electrons. The zero-order chi connectivity index (χ0) is 14.4. The van der Waals surface area contributed by atoms with Crippen LogP contribution in [0.3, 0.4) is 0 Å². The smallest absolute Gasteiger partial charge is 0.0555 e. The summed E-state index contributed by atoms with van der Waals surface area (Å²) in [7, 11) is 0. The summed E-state index contributed by atoms with van der Waals surface area (Å²) in [5.74, 6) is 0. The molecular formula is C12H33NO4. The topological polar surface area (TPSA) is 93.0 Å². The lowest BCUT2D eigenvalue weighted by Gasteiger charge is -1.97. The number of hydrogen-bond acceptors (Lipinski definition) is 5. The highest BCUT2D eigenvalue weighted by Crippen LogP contribution is 1.80. The summed E-state index contributed by atoms with van der Waals surface area (Å²) >= 11 is 0. The molecule has 0 saturated heterocycles. The van der Waals surface area contributed by atoms with Gasteiger partial charge in [0, 0.05) is 26.4 Å². The zero-order valence-electron chi connectivity index (χ0n) is 11.9. The number of aliphatic hydroxyl groups is 4. The maximum atomic E-state index is 8.30. The van der Waals surface area contributed by atoms with Crippen LogP contribution >= 0.6 is 0 Å². The van der Waals surface area contributed by atoms with Gasteiger partial charge in [0.05, 0.1) is 6.61 Å². The van der Waals surface area contributed by atoms with Crippen LogP contribution in [-0.4, -0.2) is 59.9 Å². The predicted octanol–water partition coefficient (Wildman–Crippen LogP) is 0.364. The van der Waals surface area contributed by atoms with E-state index in [1.165, 1.54) is 12.8 Å². The average molecular weight is 255 g/mol. The van der Waals surface area contributed by atoms with Gasteiger partial charge in [-0.15, -0.1) is 0 Å². The lowest BCUT2D eigenvalue weighted by atomic mass is 10.3. The summed E-state index contributed by atoms with van der Waals surface area (Å²) in [5, 5.41) is 34.1. The van der Waals surface area contributed by atoms with Gasteiger partial charge in [0.15, 0.2) is 0 Å². The minimum absolute atomic E-state index is 0.250. The maximum Gasteiger partial charge on any atom is 0.0555 e. The van der Waals surface area contributed by atoms with Gasteiger partial charge in [-0.25, -0.2) is 0 Å². The molecule has 0 unspecified atom stereocenters. The van der Waals surface area contributed by atoms with Crippen LogP contribution in [0.1, 0.15) is 40.5 Å². The summed E-state index contributed by atoms with van der Waals surface area (Å²) < 4.78 is 0. The zero-order valence-corrected chi connectivity index (χ0v) is 11.9. The third-order valence-corrected chi connectivity index (χ3v) is 0.996. The van der Waals surface area contributed by atoms with Crippen molar-refractivity contribution in [2.24, 2.45) is 0 Å². The molecule has 0 bridgehead atoms. The number of rotatable bonds is 5. The predicted molar refractivity (Wildman–Crippen MR) is 73.1 cm³/mol. The monoisotopic (exact) mass is 255 g/mol. The van der Waals surface area contributed by atoms with Crippen molar-refractivity contribution in [2.75, 3.05) is 39.5 Å². The van der Waals surface area contributed by atoms with Crippen molar-refractivity contribution in [2.45, 2.75) is 40.5 Å². The first-order valence-electron chi connectivity index (χ1n) is 6.30. The van der Waals surface area contributed by atoms with Gasteiger partial charge in [-0.2, -0.15) is 0 Å². The second-order valence-corrected chi connectivity index (χ2v) is 2.78. The van der Waals surface area contributed by atoms with Crippen LogP contribution in [0, 0.1) is 0 Å². The molecule has 0 aromatic heterocycles. The Bertz CT molecular complexity index is 64.8. The molecule has 5 nitrogen and oxygen atoms in total. The largest absolute Gasteiger partial charge is 0.397 e. The summed E-state index contributed by atoms with van der Waals surface area (Å²) in [6, 6.07) is 0. The van der Waals surface area contributed by atoms with Crippen LogP contribution < -0.4 is 5.32 Å². The fourth-order valence-corrected chi connectivity index (χ4v) is 0.506. The average Bonchev–Trinajstić information content (AvgIpc) is 2.28. The minimum Gasteiger partial charge on any atom is -0.397 e. The fraction of sp³-hybridized carbons (Fsp3) is 1.00. The van der Waals surface area contributed by atoms with Crippen molar-refractivity contribution < 1.29 is 20.4 Å². The van der Waals surface area contributed by atoms with E-state index in [1.807, 2.05) is 0 Å². The summed E-state index contributed by atoms with van der Waals surface area (Å²) in [6.07, 6.45) is 2.43. The van der Waals surface area contributed by atoms with E-state index in [1.54, 1.807) is 20.8 Å². The van der Waals surface area contributed by atoms with E-state index in [0.717, 1.165) is 13.1 Å². The van der Waals surface area contributed by atoms with E-state index in [2.05, 4.69) is 12.2 Å². The maximum absolute atomic E-state index is 8.30. The molecular weight excluding hydrogens is 222 g/mol. The number of hydrogen-bond donors (Lipinski definition) is 5. The van der Waals surface area contributed by atoms with Crippen molar-refractivity contribution in [1.29, 1.82) is 0 Å². The number of unbranched alkanes of at least 4 members (excludes halogenated alkanes) is 1. The highest BCUT2D eigenvalue weighted by atomic mass is 16.3. The fourth-order valence-electron chi connectivity index (χ4n) is 0.506. The number of aliphatic hydroxyl groups excluding tert-OH is 4. The Morgan fingerprint density at radius 3 is 1.29 bits per heavy atom. The Morgan fingerprint density at radius 2 is 1.06 bits per heavy atom. The first-order valence-corrected chi connectivity index (χ1v) is 6.30. The first-order chi connectivity index (χ1) is 8.16. The van der Waals surface area contributed by atoms with E-state index in [-0.39, 0.29) is 26.4 Å². The molecule has 5 N–H and O–H groups in total. The van der Waals surface area contributed by atoms with Crippen molar-refractivity contribution in [3.8, 4) is 0 Å². The molecule has 0 amide bonds. The molecule has 5 heteroatoms. The Kier molecular flexibility index (Phi) is 67.3. The molecule has 17 heavy (non-hydrogen) atoms. The van der Waals surface area contributed by atoms with Crippen LogP contribution in [-0.2, 0) is 0 Å². The van der Waals surface area contributed by atoms with Crippen molar-refractivity contribution in [3.05, 3.63) is 0 Å².